The third-order valence-corrected chi connectivity index (χ3v) is 10.8. The van der Waals surface area contributed by atoms with E-state index in [2.05, 4.69) is 181 Å². The van der Waals surface area contributed by atoms with E-state index >= 15 is 0 Å². The van der Waals surface area contributed by atoms with E-state index in [1.807, 2.05) is 36.4 Å². The zero-order valence-electron chi connectivity index (χ0n) is 30.0. The van der Waals surface area contributed by atoms with Crippen LogP contribution >= 0.6 is 0 Å². The zero-order chi connectivity index (χ0) is 36.7. The maximum absolute atomic E-state index is 9.68. The Labute approximate surface area is 320 Å². The Morgan fingerprint density at radius 2 is 0.800 bits per heavy atom. The van der Waals surface area contributed by atoms with Crippen LogP contribution in [0.25, 0.3) is 76.5 Å². The van der Waals surface area contributed by atoms with E-state index in [0.29, 0.717) is 5.56 Å². The van der Waals surface area contributed by atoms with Crippen molar-refractivity contribution in [3.63, 3.8) is 0 Å². The molecule has 0 aliphatic heterocycles. The monoisotopic (exact) mass is 698 g/mol. The van der Waals surface area contributed by atoms with Crippen LogP contribution in [0.2, 0.25) is 0 Å². The van der Waals surface area contributed by atoms with E-state index in [1.165, 1.54) is 65.3 Å². The average molecular weight is 699 g/mol. The van der Waals surface area contributed by atoms with Gasteiger partial charge in [0.25, 0.3) is 0 Å². The first-order valence-corrected chi connectivity index (χ1v) is 18.6. The van der Waals surface area contributed by atoms with Gasteiger partial charge in [-0.05, 0) is 137 Å². The Kier molecular flexibility index (Phi) is 7.90. The predicted molar refractivity (Wildman–Crippen MR) is 232 cm³/mol. The molecule has 10 aromatic carbocycles. The summed E-state index contributed by atoms with van der Waals surface area (Å²) in [5.74, 6) is 0. The first-order chi connectivity index (χ1) is 27.2. The summed E-state index contributed by atoms with van der Waals surface area (Å²) in [5, 5.41) is 19.5. The van der Waals surface area contributed by atoms with E-state index in [1.54, 1.807) is 0 Å². The van der Waals surface area contributed by atoms with E-state index < -0.39 is 0 Å². The number of hydrogen-bond donors (Lipinski definition) is 0. The van der Waals surface area contributed by atoms with Crippen LogP contribution in [0.4, 0.5) is 17.1 Å². The van der Waals surface area contributed by atoms with Gasteiger partial charge in [-0.3, -0.25) is 0 Å². The first kappa shape index (κ1) is 32.2. The molecule has 55 heavy (non-hydrogen) atoms. The third kappa shape index (κ3) is 5.76. The molecule has 0 heterocycles. The van der Waals surface area contributed by atoms with Crippen LogP contribution < -0.4 is 4.90 Å². The maximum atomic E-state index is 9.68. The highest BCUT2D eigenvalue weighted by Gasteiger charge is 2.19. The van der Waals surface area contributed by atoms with Gasteiger partial charge in [0, 0.05) is 17.1 Å². The van der Waals surface area contributed by atoms with Gasteiger partial charge in [0.15, 0.2) is 0 Å². The summed E-state index contributed by atoms with van der Waals surface area (Å²) in [6.45, 7) is 0. The Hall–Kier alpha value is -7.47. The van der Waals surface area contributed by atoms with E-state index in [0.717, 1.165) is 28.2 Å². The summed E-state index contributed by atoms with van der Waals surface area (Å²) < 4.78 is 0. The molecule has 0 saturated heterocycles. The van der Waals surface area contributed by atoms with E-state index in [9.17, 15) is 5.26 Å². The Morgan fingerprint density at radius 1 is 0.309 bits per heavy atom. The van der Waals surface area contributed by atoms with Gasteiger partial charge in [-0.2, -0.15) is 5.26 Å². The van der Waals surface area contributed by atoms with Crippen molar-refractivity contribution in [3.05, 3.63) is 212 Å². The minimum absolute atomic E-state index is 0.629. The molecule has 0 N–H and O–H groups in total. The number of fused-ring (bicyclic) bond motifs is 4. The van der Waals surface area contributed by atoms with Crippen LogP contribution in [0.15, 0.2) is 206 Å². The number of nitrogens with zero attached hydrogens (tertiary/aromatic N) is 2. The summed E-state index contributed by atoms with van der Waals surface area (Å²) in [5.41, 5.74) is 10.8. The van der Waals surface area contributed by atoms with Gasteiger partial charge in [-0.1, -0.05) is 146 Å². The van der Waals surface area contributed by atoms with Crippen LogP contribution in [0.1, 0.15) is 5.56 Å². The van der Waals surface area contributed by atoms with Gasteiger partial charge in [0.1, 0.15) is 0 Å². The lowest BCUT2D eigenvalue weighted by Crippen LogP contribution is -2.09. The fraction of sp³-hybridized carbons (Fsp3) is 0. The summed E-state index contributed by atoms with van der Waals surface area (Å²) in [7, 11) is 0. The smallest absolute Gasteiger partial charge is 0.0992 e. The number of para-hydroxylation sites is 1. The molecule has 0 aliphatic carbocycles. The molecule has 256 valence electrons. The van der Waals surface area contributed by atoms with Crippen molar-refractivity contribution in [2.45, 2.75) is 0 Å². The lowest BCUT2D eigenvalue weighted by atomic mass is 9.84. The average Bonchev–Trinajstić information content (AvgIpc) is 3.26. The normalized spacial score (nSPS) is 11.3. The van der Waals surface area contributed by atoms with Gasteiger partial charge in [0.05, 0.1) is 11.6 Å². The van der Waals surface area contributed by atoms with Crippen LogP contribution in [-0.4, -0.2) is 0 Å². The topological polar surface area (TPSA) is 27.0 Å². The fourth-order valence-electron chi connectivity index (χ4n) is 8.21. The molecular weight excluding hydrogens is 665 g/mol. The molecule has 0 bridgehead atoms. The number of anilines is 3. The first-order valence-electron chi connectivity index (χ1n) is 18.6. The second-order valence-electron chi connectivity index (χ2n) is 14.1. The Bertz CT molecular complexity index is 3100. The van der Waals surface area contributed by atoms with Crippen molar-refractivity contribution in [2.24, 2.45) is 0 Å². The maximum Gasteiger partial charge on any atom is 0.0992 e. The molecule has 0 radical (unpaired) electrons. The highest BCUT2D eigenvalue weighted by atomic mass is 15.1. The highest BCUT2D eigenvalue weighted by molar-refractivity contribution is 6.22. The van der Waals surface area contributed by atoms with Gasteiger partial charge < -0.3 is 4.90 Å². The molecule has 0 saturated carbocycles. The molecule has 2 nitrogen and oxygen atoms in total. The Morgan fingerprint density at radius 3 is 1.44 bits per heavy atom. The number of rotatable bonds is 6. The molecule has 0 fully saturated rings. The predicted octanol–water partition coefficient (Wildman–Crippen LogP) is 14.6. The van der Waals surface area contributed by atoms with Crippen molar-refractivity contribution in [2.75, 3.05) is 4.90 Å². The van der Waals surface area contributed by atoms with E-state index in [-0.39, 0.29) is 0 Å². The quantitative estimate of drug-likeness (QED) is 0.162. The lowest BCUT2D eigenvalue weighted by molar-refractivity contribution is 1.28. The van der Waals surface area contributed by atoms with Crippen LogP contribution in [0.3, 0.4) is 0 Å². The minimum atomic E-state index is 0.629. The molecule has 0 atom stereocenters. The summed E-state index contributed by atoms with van der Waals surface area (Å²) in [4.78, 5) is 2.20. The minimum Gasteiger partial charge on any atom is -0.310 e. The summed E-state index contributed by atoms with van der Waals surface area (Å²) >= 11 is 0. The SMILES string of the molecule is N#Cc1cccc(N(c2ccccc2)c2ccc(-c3ccc4c(-c5ccc6ccccc6c5)c5ccccc5c(-c5ccc6ccccc6c5)c4c3)cc2)c1. The van der Waals surface area contributed by atoms with Gasteiger partial charge in [-0.15, -0.1) is 0 Å². The molecule has 0 amide bonds. The fourth-order valence-corrected chi connectivity index (χ4v) is 8.21. The van der Waals surface area contributed by atoms with Crippen LogP contribution in [0, 0.1) is 11.3 Å². The number of nitriles is 1. The second kappa shape index (κ2) is 13.5. The zero-order valence-corrected chi connectivity index (χ0v) is 30.0. The number of benzene rings is 10. The van der Waals surface area contributed by atoms with Crippen molar-refractivity contribution in [3.8, 4) is 39.4 Å². The molecule has 2 heteroatoms. The Balaban J connectivity index is 1.18. The molecule has 0 unspecified atom stereocenters. The van der Waals surface area contributed by atoms with Crippen LogP contribution in [-0.2, 0) is 0 Å². The van der Waals surface area contributed by atoms with Crippen molar-refractivity contribution in [1.82, 2.24) is 0 Å². The largest absolute Gasteiger partial charge is 0.310 e. The van der Waals surface area contributed by atoms with Gasteiger partial charge in [0.2, 0.25) is 0 Å². The van der Waals surface area contributed by atoms with E-state index in [4.69, 9.17) is 0 Å². The molecule has 10 aromatic rings. The molecule has 10 rings (SSSR count). The molecule has 0 aromatic heterocycles. The van der Waals surface area contributed by atoms with Crippen LogP contribution in [0.5, 0.6) is 0 Å². The van der Waals surface area contributed by atoms with Gasteiger partial charge in [-0.25, -0.2) is 0 Å². The molecule has 0 aliphatic rings. The lowest BCUT2D eigenvalue weighted by Gasteiger charge is -2.25. The number of hydrogen-bond acceptors (Lipinski definition) is 2. The van der Waals surface area contributed by atoms with Crippen molar-refractivity contribution < 1.29 is 0 Å². The molecule has 0 spiro atoms. The van der Waals surface area contributed by atoms with Gasteiger partial charge >= 0.3 is 0 Å². The highest BCUT2D eigenvalue weighted by Crippen LogP contribution is 2.46. The second-order valence-corrected chi connectivity index (χ2v) is 14.1. The molecular formula is C53H34N2. The van der Waals surface area contributed by atoms with Crippen molar-refractivity contribution >= 4 is 60.2 Å². The third-order valence-electron chi connectivity index (χ3n) is 10.8. The standard InChI is InChI=1S/C53H34N2/c54-35-36-11-10-18-47(31-36)55(45-16-2-1-3-17-45)46-28-25-39(26-29-46)42-27-30-50-51(34-42)53(44-24-22-38-13-5-7-15-41(38)33-44)49-20-9-8-19-48(49)52(50)43-23-21-37-12-4-6-14-40(37)32-43/h1-34H. The van der Waals surface area contributed by atoms with Crippen molar-refractivity contribution in [1.29, 1.82) is 5.26 Å². The summed E-state index contributed by atoms with van der Waals surface area (Å²) in [6.07, 6.45) is 0. The summed E-state index contributed by atoms with van der Waals surface area (Å²) in [6, 6.07) is 76.0.